The molecule has 1 aromatic carbocycles. The van der Waals surface area contributed by atoms with Gasteiger partial charge in [0.2, 0.25) is 0 Å². The Bertz CT molecular complexity index is 695. The Morgan fingerprint density at radius 3 is 2.85 bits per heavy atom. The molecule has 3 rings (SSSR count). The van der Waals surface area contributed by atoms with Crippen LogP contribution in [0.2, 0.25) is 10.0 Å². The first-order chi connectivity index (χ1) is 9.58. The summed E-state index contributed by atoms with van der Waals surface area (Å²) in [4.78, 5) is 16.1. The third kappa shape index (κ3) is 2.19. The summed E-state index contributed by atoms with van der Waals surface area (Å²) in [5.41, 5.74) is 1.17. The molecule has 0 saturated heterocycles. The van der Waals surface area contributed by atoms with E-state index in [1.807, 2.05) is 0 Å². The molecule has 2 aromatic rings. The van der Waals surface area contributed by atoms with Gasteiger partial charge in [-0.2, -0.15) is 0 Å². The number of rotatable bonds is 2. The third-order valence-electron chi connectivity index (χ3n) is 3.46. The Kier molecular flexibility index (Phi) is 3.44. The average Bonchev–Trinajstić information content (AvgIpc) is 2.80. The van der Waals surface area contributed by atoms with Crippen molar-refractivity contribution in [2.45, 2.75) is 25.8 Å². The van der Waals surface area contributed by atoms with Crippen LogP contribution in [0.3, 0.4) is 0 Å². The topological polar surface area (TPSA) is 55.1 Å². The molecule has 0 aliphatic carbocycles. The van der Waals surface area contributed by atoms with Crippen LogP contribution in [0.15, 0.2) is 18.2 Å². The van der Waals surface area contributed by atoms with Crippen LogP contribution in [0.5, 0.6) is 0 Å². The van der Waals surface area contributed by atoms with Gasteiger partial charge in [-0.05, 0) is 31.0 Å². The van der Waals surface area contributed by atoms with Crippen molar-refractivity contribution in [3.05, 3.63) is 39.8 Å². The summed E-state index contributed by atoms with van der Waals surface area (Å²) in [6, 6.07) is 4.98. The Hall–Kier alpha value is -1.52. The maximum Gasteiger partial charge on any atom is 0.354 e. The SMILES string of the molecule is O=C(O)c1c(-c2cc(Cl)ccc2Cl)nc2n1CCCC2. The van der Waals surface area contributed by atoms with Gasteiger partial charge < -0.3 is 9.67 Å². The van der Waals surface area contributed by atoms with Crippen molar-refractivity contribution >= 4 is 29.2 Å². The zero-order valence-corrected chi connectivity index (χ0v) is 12.1. The van der Waals surface area contributed by atoms with Crippen molar-refractivity contribution in [3.63, 3.8) is 0 Å². The summed E-state index contributed by atoms with van der Waals surface area (Å²) < 4.78 is 1.78. The van der Waals surface area contributed by atoms with Gasteiger partial charge in [0.05, 0.1) is 5.02 Å². The molecule has 1 aromatic heterocycles. The summed E-state index contributed by atoms with van der Waals surface area (Å²) in [6.45, 7) is 0.683. The van der Waals surface area contributed by atoms with Crippen LogP contribution in [0.25, 0.3) is 11.3 Å². The van der Waals surface area contributed by atoms with Crippen molar-refractivity contribution in [1.82, 2.24) is 9.55 Å². The minimum absolute atomic E-state index is 0.198. The molecule has 4 nitrogen and oxygen atoms in total. The lowest BCUT2D eigenvalue weighted by Crippen LogP contribution is -2.16. The monoisotopic (exact) mass is 310 g/mol. The lowest BCUT2D eigenvalue weighted by Gasteiger charge is -2.14. The van der Waals surface area contributed by atoms with Crippen molar-refractivity contribution in [2.75, 3.05) is 0 Å². The lowest BCUT2D eigenvalue weighted by molar-refractivity contribution is 0.0684. The standard InChI is InChI=1S/C14H12Cl2N2O2/c15-8-4-5-10(16)9(7-8)12-13(14(19)20)18-6-2-1-3-11(18)17-12/h4-5,7H,1-3,6H2,(H,19,20). The van der Waals surface area contributed by atoms with Crippen LogP contribution in [-0.4, -0.2) is 20.6 Å². The quantitative estimate of drug-likeness (QED) is 0.915. The molecule has 0 bridgehead atoms. The highest BCUT2D eigenvalue weighted by Gasteiger charge is 2.26. The molecule has 6 heteroatoms. The zero-order valence-electron chi connectivity index (χ0n) is 10.6. The van der Waals surface area contributed by atoms with Gasteiger partial charge >= 0.3 is 5.97 Å². The number of fused-ring (bicyclic) bond motifs is 1. The van der Waals surface area contributed by atoms with Gasteiger partial charge in [0, 0.05) is 23.6 Å². The van der Waals surface area contributed by atoms with Gasteiger partial charge in [-0.15, -0.1) is 0 Å². The van der Waals surface area contributed by atoms with Gasteiger partial charge in [-0.3, -0.25) is 0 Å². The minimum atomic E-state index is -0.989. The molecule has 2 heterocycles. The number of carboxylic acid groups (broad SMARTS) is 1. The molecular weight excluding hydrogens is 299 g/mol. The van der Waals surface area contributed by atoms with Gasteiger partial charge in [0.15, 0.2) is 5.69 Å². The van der Waals surface area contributed by atoms with Crippen molar-refractivity contribution in [2.24, 2.45) is 0 Å². The van der Waals surface area contributed by atoms with Crippen LogP contribution in [0, 0.1) is 0 Å². The molecule has 0 fully saturated rings. The molecule has 1 aliphatic heterocycles. The smallest absolute Gasteiger partial charge is 0.354 e. The van der Waals surface area contributed by atoms with Crippen molar-refractivity contribution in [1.29, 1.82) is 0 Å². The molecule has 0 saturated carbocycles. The summed E-state index contributed by atoms with van der Waals surface area (Å²) in [7, 11) is 0. The number of hydrogen-bond donors (Lipinski definition) is 1. The largest absolute Gasteiger partial charge is 0.477 e. The fourth-order valence-corrected chi connectivity index (χ4v) is 2.95. The molecular formula is C14H12Cl2N2O2. The van der Waals surface area contributed by atoms with E-state index >= 15 is 0 Å². The molecule has 0 atom stereocenters. The fourth-order valence-electron chi connectivity index (χ4n) is 2.57. The number of aryl methyl sites for hydroxylation is 1. The van der Waals surface area contributed by atoms with Crippen molar-refractivity contribution in [3.8, 4) is 11.3 Å². The number of aromatic nitrogens is 2. The highest BCUT2D eigenvalue weighted by molar-refractivity contribution is 6.35. The summed E-state index contributed by atoms with van der Waals surface area (Å²) in [5.74, 6) is -0.184. The van der Waals surface area contributed by atoms with Crippen LogP contribution in [0.1, 0.15) is 29.2 Å². The zero-order chi connectivity index (χ0) is 14.3. The van der Waals surface area contributed by atoms with E-state index in [0.717, 1.165) is 25.1 Å². The first-order valence-electron chi connectivity index (χ1n) is 6.36. The number of aromatic carboxylic acids is 1. The van der Waals surface area contributed by atoms with Crippen molar-refractivity contribution < 1.29 is 9.90 Å². The Morgan fingerprint density at radius 1 is 1.30 bits per heavy atom. The van der Waals surface area contributed by atoms with Gasteiger partial charge in [-0.1, -0.05) is 23.2 Å². The highest BCUT2D eigenvalue weighted by Crippen LogP contribution is 2.34. The molecule has 1 aliphatic rings. The number of benzene rings is 1. The van der Waals surface area contributed by atoms with Gasteiger partial charge in [0.25, 0.3) is 0 Å². The van der Waals surface area contributed by atoms with E-state index in [9.17, 15) is 9.90 Å². The number of hydrogen-bond acceptors (Lipinski definition) is 2. The molecule has 1 N–H and O–H groups in total. The van der Waals surface area contributed by atoms with E-state index in [-0.39, 0.29) is 5.69 Å². The first-order valence-corrected chi connectivity index (χ1v) is 7.11. The Labute approximate surface area is 126 Å². The molecule has 0 unspecified atom stereocenters. The van der Waals surface area contributed by atoms with E-state index in [0.29, 0.717) is 27.8 Å². The third-order valence-corrected chi connectivity index (χ3v) is 4.03. The number of imidazole rings is 1. The summed E-state index contributed by atoms with van der Waals surface area (Å²) in [5, 5.41) is 10.5. The number of carbonyl (C=O) groups is 1. The van der Waals surface area contributed by atoms with Crippen LogP contribution in [-0.2, 0) is 13.0 Å². The Balaban J connectivity index is 2.25. The molecule has 0 spiro atoms. The molecule has 20 heavy (non-hydrogen) atoms. The average molecular weight is 311 g/mol. The number of nitrogens with zero attached hydrogens (tertiary/aromatic N) is 2. The Morgan fingerprint density at radius 2 is 2.10 bits per heavy atom. The molecule has 0 radical (unpaired) electrons. The summed E-state index contributed by atoms with van der Waals surface area (Å²) >= 11 is 12.2. The molecule has 0 amide bonds. The maximum atomic E-state index is 11.6. The van der Waals surface area contributed by atoms with Crippen LogP contribution < -0.4 is 0 Å². The predicted octanol–water partition coefficient (Wildman–Crippen LogP) is 3.89. The summed E-state index contributed by atoms with van der Waals surface area (Å²) in [6.07, 6.45) is 2.78. The lowest BCUT2D eigenvalue weighted by atomic mass is 10.1. The van der Waals surface area contributed by atoms with E-state index < -0.39 is 5.97 Å². The van der Waals surface area contributed by atoms with E-state index in [1.54, 1.807) is 22.8 Å². The second-order valence-electron chi connectivity index (χ2n) is 4.76. The molecule has 104 valence electrons. The second-order valence-corrected chi connectivity index (χ2v) is 5.61. The predicted molar refractivity (Wildman–Crippen MR) is 77.6 cm³/mol. The normalized spacial score (nSPS) is 14.1. The number of carboxylic acids is 1. The van der Waals surface area contributed by atoms with E-state index in [2.05, 4.69) is 4.98 Å². The van der Waals surface area contributed by atoms with E-state index in [4.69, 9.17) is 23.2 Å². The van der Waals surface area contributed by atoms with Crippen LogP contribution >= 0.6 is 23.2 Å². The first kappa shape index (κ1) is 13.5. The second kappa shape index (κ2) is 5.11. The van der Waals surface area contributed by atoms with E-state index in [1.165, 1.54) is 0 Å². The van der Waals surface area contributed by atoms with Crippen LogP contribution in [0.4, 0.5) is 0 Å². The van der Waals surface area contributed by atoms with Gasteiger partial charge in [0.1, 0.15) is 11.5 Å². The van der Waals surface area contributed by atoms with Gasteiger partial charge in [-0.25, -0.2) is 9.78 Å². The maximum absolute atomic E-state index is 11.6. The number of halogens is 2. The highest BCUT2D eigenvalue weighted by atomic mass is 35.5. The fraction of sp³-hybridized carbons (Fsp3) is 0.286. The minimum Gasteiger partial charge on any atom is -0.477 e.